The van der Waals surface area contributed by atoms with Gasteiger partial charge in [0.25, 0.3) is 11.6 Å². The van der Waals surface area contributed by atoms with Crippen molar-refractivity contribution in [2.45, 2.75) is 6.04 Å². The second-order valence-corrected chi connectivity index (χ2v) is 6.07. The number of carbonyl (C=O) groups is 1. The number of hydrogen-bond acceptors (Lipinski definition) is 4. The van der Waals surface area contributed by atoms with E-state index in [1.807, 2.05) is 19.0 Å². The Balaban J connectivity index is 2.17. The molecular weight excluding hydrogens is 349 g/mol. The third kappa shape index (κ3) is 4.74. The highest BCUT2D eigenvalue weighted by Gasteiger charge is 2.19. The third-order valence-electron chi connectivity index (χ3n) is 3.72. The van der Waals surface area contributed by atoms with E-state index in [-0.39, 0.29) is 34.7 Å². The molecule has 0 bridgehead atoms. The van der Waals surface area contributed by atoms with E-state index in [4.69, 9.17) is 11.6 Å². The van der Waals surface area contributed by atoms with E-state index in [1.54, 1.807) is 12.1 Å². The predicted molar refractivity (Wildman–Crippen MR) is 93.3 cm³/mol. The van der Waals surface area contributed by atoms with Crippen molar-refractivity contribution in [3.8, 4) is 0 Å². The Morgan fingerprint density at radius 3 is 2.64 bits per heavy atom. The molecule has 0 saturated heterocycles. The number of nitrogens with zero attached hydrogens (tertiary/aromatic N) is 2. The molecule has 6 nitrogen and oxygen atoms in total. The number of nitro benzene ring substituents is 1. The summed E-state index contributed by atoms with van der Waals surface area (Å²) in [6.07, 6.45) is 0. The van der Waals surface area contributed by atoms with Crippen molar-refractivity contribution in [2.75, 3.05) is 20.6 Å². The lowest BCUT2D eigenvalue weighted by molar-refractivity contribution is -0.384. The van der Waals surface area contributed by atoms with Gasteiger partial charge in [0.1, 0.15) is 5.82 Å². The molecule has 0 heterocycles. The van der Waals surface area contributed by atoms with Crippen LogP contribution in [0.5, 0.6) is 0 Å². The van der Waals surface area contributed by atoms with Gasteiger partial charge in [0.2, 0.25) is 0 Å². The number of halogens is 2. The lowest BCUT2D eigenvalue weighted by atomic mass is 10.1. The highest BCUT2D eigenvalue weighted by atomic mass is 35.5. The van der Waals surface area contributed by atoms with Crippen molar-refractivity contribution in [1.29, 1.82) is 0 Å². The molecule has 132 valence electrons. The fourth-order valence-electron chi connectivity index (χ4n) is 2.40. The van der Waals surface area contributed by atoms with Crippen LogP contribution >= 0.6 is 11.6 Å². The molecule has 2 aromatic rings. The normalized spacial score (nSPS) is 12.0. The summed E-state index contributed by atoms with van der Waals surface area (Å²) in [5, 5.41) is 13.7. The van der Waals surface area contributed by atoms with E-state index in [9.17, 15) is 19.3 Å². The van der Waals surface area contributed by atoms with Gasteiger partial charge in [0.15, 0.2) is 0 Å². The topological polar surface area (TPSA) is 75.5 Å². The first kappa shape index (κ1) is 18.8. The van der Waals surface area contributed by atoms with Gasteiger partial charge >= 0.3 is 0 Å². The van der Waals surface area contributed by atoms with Crippen LogP contribution in [-0.2, 0) is 0 Å². The third-order valence-corrected chi connectivity index (χ3v) is 4.05. The summed E-state index contributed by atoms with van der Waals surface area (Å²) in [7, 11) is 3.62. The summed E-state index contributed by atoms with van der Waals surface area (Å²) in [6.45, 7) is 0.189. The summed E-state index contributed by atoms with van der Waals surface area (Å²) in [5.74, 6) is -0.894. The Morgan fingerprint density at radius 1 is 1.32 bits per heavy atom. The van der Waals surface area contributed by atoms with Gasteiger partial charge in [-0.1, -0.05) is 23.7 Å². The van der Waals surface area contributed by atoms with E-state index in [2.05, 4.69) is 5.32 Å². The van der Waals surface area contributed by atoms with Crippen molar-refractivity contribution in [1.82, 2.24) is 10.2 Å². The smallest absolute Gasteiger partial charge is 0.270 e. The maximum absolute atomic E-state index is 13.4. The standard InChI is InChI=1S/C17H17ClFN3O3/c1-21(2)16(11-4-3-5-12(19)8-11)10-20-17(23)14-9-13(22(24)25)6-7-15(14)18/h3-9,16H,10H2,1-2H3,(H,20,23). The lowest BCUT2D eigenvalue weighted by Crippen LogP contribution is -2.34. The van der Waals surface area contributed by atoms with Crippen LogP contribution < -0.4 is 5.32 Å². The molecule has 1 atom stereocenters. The zero-order valence-corrected chi connectivity index (χ0v) is 14.5. The Bertz CT molecular complexity index is 798. The van der Waals surface area contributed by atoms with E-state index in [1.165, 1.54) is 24.3 Å². The number of rotatable bonds is 6. The van der Waals surface area contributed by atoms with Gasteiger partial charge in [-0.3, -0.25) is 14.9 Å². The van der Waals surface area contributed by atoms with Crippen LogP contribution in [-0.4, -0.2) is 36.4 Å². The molecule has 0 aliphatic rings. The first-order valence-corrected chi connectivity index (χ1v) is 7.81. The molecule has 1 unspecified atom stereocenters. The van der Waals surface area contributed by atoms with Crippen molar-refractivity contribution in [2.24, 2.45) is 0 Å². The van der Waals surface area contributed by atoms with Gasteiger partial charge < -0.3 is 10.2 Å². The Kier molecular flexibility index (Phi) is 6.06. The Hall–Kier alpha value is -2.51. The van der Waals surface area contributed by atoms with Crippen LogP contribution in [0.2, 0.25) is 5.02 Å². The van der Waals surface area contributed by atoms with Crippen molar-refractivity contribution >= 4 is 23.2 Å². The quantitative estimate of drug-likeness (QED) is 0.628. The van der Waals surface area contributed by atoms with Crippen LogP contribution in [0.1, 0.15) is 22.0 Å². The van der Waals surface area contributed by atoms with E-state index in [0.717, 1.165) is 6.07 Å². The SMILES string of the molecule is CN(C)C(CNC(=O)c1cc([N+](=O)[O-])ccc1Cl)c1cccc(F)c1. The van der Waals surface area contributed by atoms with Crippen LogP contribution in [0.4, 0.5) is 10.1 Å². The van der Waals surface area contributed by atoms with Crippen LogP contribution in [0, 0.1) is 15.9 Å². The van der Waals surface area contributed by atoms with E-state index in [0.29, 0.717) is 5.56 Å². The first-order chi connectivity index (χ1) is 11.8. The van der Waals surface area contributed by atoms with Crippen LogP contribution in [0.15, 0.2) is 42.5 Å². The van der Waals surface area contributed by atoms with Gasteiger partial charge in [0.05, 0.1) is 21.6 Å². The van der Waals surface area contributed by atoms with Crippen LogP contribution in [0.25, 0.3) is 0 Å². The number of amides is 1. The zero-order chi connectivity index (χ0) is 18.6. The minimum atomic E-state index is -0.595. The fraction of sp³-hybridized carbons (Fsp3) is 0.235. The minimum absolute atomic E-state index is 0.0209. The molecular formula is C17H17ClFN3O3. The van der Waals surface area contributed by atoms with E-state index < -0.39 is 10.8 Å². The van der Waals surface area contributed by atoms with Gasteiger partial charge in [-0.05, 0) is 37.9 Å². The zero-order valence-electron chi connectivity index (χ0n) is 13.7. The second kappa shape index (κ2) is 8.04. The first-order valence-electron chi connectivity index (χ1n) is 7.43. The molecule has 25 heavy (non-hydrogen) atoms. The molecule has 0 aromatic heterocycles. The lowest BCUT2D eigenvalue weighted by Gasteiger charge is -2.25. The van der Waals surface area contributed by atoms with Crippen molar-refractivity contribution < 1.29 is 14.1 Å². The number of nitro groups is 1. The average Bonchev–Trinajstić information content (AvgIpc) is 2.54. The average molecular weight is 366 g/mol. The van der Waals surface area contributed by atoms with Crippen LogP contribution in [0.3, 0.4) is 0 Å². The molecule has 0 saturated carbocycles. The summed E-state index contributed by atoms with van der Waals surface area (Å²) >= 11 is 5.97. The molecule has 8 heteroatoms. The minimum Gasteiger partial charge on any atom is -0.350 e. The van der Waals surface area contributed by atoms with Gasteiger partial charge in [-0.25, -0.2) is 4.39 Å². The highest BCUT2D eigenvalue weighted by Crippen LogP contribution is 2.23. The van der Waals surface area contributed by atoms with Gasteiger partial charge in [-0.2, -0.15) is 0 Å². The molecule has 0 aliphatic heterocycles. The van der Waals surface area contributed by atoms with E-state index >= 15 is 0 Å². The summed E-state index contributed by atoms with van der Waals surface area (Å²) in [4.78, 5) is 24.4. The predicted octanol–water partition coefficient (Wildman–Crippen LogP) is 3.42. The number of hydrogen-bond donors (Lipinski definition) is 1. The molecule has 1 amide bonds. The number of non-ortho nitro benzene ring substituents is 1. The molecule has 0 aliphatic carbocycles. The molecule has 0 radical (unpaired) electrons. The molecule has 0 fully saturated rings. The molecule has 0 spiro atoms. The summed E-state index contributed by atoms with van der Waals surface area (Å²) in [5.41, 5.74) is 0.506. The maximum Gasteiger partial charge on any atom is 0.270 e. The monoisotopic (exact) mass is 365 g/mol. The molecule has 2 rings (SSSR count). The number of likely N-dealkylation sites (N-methyl/N-ethyl adjacent to an activating group) is 1. The number of benzene rings is 2. The molecule has 1 N–H and O–H groups in total. The highest BCUT2D eigenvalue weighted by molar-refractivity contribution is 6.33. The Labute approximate surface area is 149 Å². The molecule has 2 aromatic carbocycles. The number of carbonyl (C=O) groups excluding carboxylic acids is 1. The van der Waals surface area contributed by atoms with Gasteiger partial charge in [-0.15, -0.1) is 0 Å². The fourth-order valence-corrected chi connectivity index (χ4v) is 2.60. The van der Waals surface area contributed by atoms with Crippen molar-refractivity contribution in [3.63, 3.8) is 0 Å². The van der Waals surface area contributed by atoms with Gasteiger partial charge in [0, 0.05) is 18.7 Å². The summed E-state index contributed by atoms with van der Waals surface area (Å²) < 4.78 is 13.4. The number of nitrogens with one attached hydrogen (secondary N) is 1. The Morgan fingerprint density at radius 2 is 2.04 bits per heavy atom. The van der Waals surface area contributed by atoms with Crippen molar-refractivity contribution in [3.05, 3.63) is 74.5 Å². The maximum atomic E-state index is 13.4. The largest absolute Gasteiger partial charge is 0.350 e. The summed E-state index contributed by atoms with van der Waals surface area (Å²) in [6, 6.07) is 9.51. The second-order valence-electron chi connectivity index (χ2n) is 5.67.